The molecule has 22 heavy (non-hydrogen) atoms. The Balaban J connectivity index is 2.12. The van der Waals surface area contributed by atoms with Crippen LogP contribution in [-0.2, 0) is 0 Å². The molecular weight excluding hydrogens is 296 g/mol. The van der Waals surface area contributed by atoms with Gasteiger partial charge in [0.15, 0.2) is 5.17 Å². The highest BCUT2D eigenvalue weighted by Gasteiger charge is 2.31. The van der Waals surface area contributed by atoms with Crippen molar-refractivity contribution in [2.75, 3.05) is 13.1 Å². The fraction of sp³-hybridized carbons (Fsp3) is 0.467. The van der Waals surface area contributed by atoms with Crippen LogP contribution < -0.4 is 0 Å². The fourth-order valence-electron chi connectivity index (χ4n) is 2.44. The Morgan fingerprint density at radius 1 is 1.36 bits per heavy atom. The first-order valence-corrected chi connectivity index (χ1v) is 8.09. The maximum absolute atomic E-state index is 8.61. The number of rotatable bonds is 1. The zero-order chi connectivity index (χ0) is 15.7. The lowest BCUT2D eigenvalue weighted by Gasteiger charge is -2.36. The standard InChI is InChI=1S/C15H18N6S/c1-15(2,3)18-14-21-8-4-7-17-13(21)11-6-5-10(19-20-16)9-12(11)22-14/h5-6,9H,4,7-8H2,1-3H3. The molecule has 0 aromatic heterocycles. The normalized spacial score (nSPS) is 19.1. The fourth-order valence-corrected chi connectivity index (χ4v) is 3.69. The van der Waals surface area contributed by atoms with Crippen molar-refractivity contribution in [2.45, 2.75) is 37.6 Å². The van der Waals surface area contributed by atoms with Gasteiger partial charge in [-0.3, -0.25) is 9.98 Å². The molecule has 0 spiro atoms. The SMILES string of the molecule is CC(C)(C)N=C1Sc2cc(N=[N+]=[N-])ccc2C2=NCCCN12. The van der Waals surface area contributed by atoms with Gasteiger partial charge >= 0.3 is 0 Å². The molecule has 0 N–H and O–H groups in total. The largest absolute Gasteiger partial charge is 0.305 e. The Hall–Kier alpha value is -1.98. The number of nitrogens with zero attached hydrogens (tertiary/aromatic N) is 6. The predicted octanol–water partition coefficient (Wildman–Crippen LogP) is 4.34. The van der Waals surface area contributed by atoms with Crippen LogP contribution in [0.15, 0.2) is 38.2 Å². The van der Waals surface area contributed by atoms with E-state index >= 15 is 0 Å². The quantitative estimate of drug-likeness (QED) is 0.439. The number of benzene rings is 1. The van der Waals surface area contributed by atoms with Gasteiger partial charge in [0.1, 0.15) is 5.84 Å². The van der Waals surface area contributed by atoms with Crippen LogP contribution in [0, 0.1) is 0 Å². The summed E-state index contributed by atoms with van der Waals surface area (Å²) in [5.74, 6) is 0.982. The molecule has 7 heteroatoms. The monoisotopic (exact) mass is 314 g/mol. The molecule has 0 saturated carbocycles. The molecule has 0 aliphatic carbocycles. The molecular formula is C15H18N6S. The summed E-state index contributed by atoms with van der Waals surface area (Å²) < 4.78 is 0. The van der Waals surface area contributed by atoms with E-state index < -0.39 is 0 Å². The van der Waals surface area contributed by atoms with E-state index in [9.17, 15) is 0 Å². The van der Waals surface area contributed by atoms with Crippen molar-refractivity contribution in [1.29, 1.82) is 0 Å². The highest BCUT2D eigenvalue weighted by molar-refractivity contribution is 8.14. The zero-order valence-corrected chi connectivity index (χ0v) is 13.8. The van der Waals surface area contributed by atoms with E-state index in [0.29, 0.717) is 5.69 Å². The lowest BCUT2D eigenvalue weighted by molar-refractivity contribution is 0.527. The van der Waals surface area contributed by atoms with Gasteiger partial charge in [-0.2, -0.15) is 0 Å². The average Bonchev–Trinajstić information content (AvgIpc) is 2.46. The van der Waals surface area contributed by atoms with E-state index in [1.165, 1.54) is 0 Å². The Morgan fingerprint density at radius 2 is 2.18 bits per heavy atom. The summed E-state index contributed by atoms with van der Waals surface area (Å²) in [5.41, 5.74) is 10.2. The molecule has 6 nitrogen and oxygen atoms in total. The van der Waals surface area contributed by atoms with Crippen LogP contribution in [0.5, 0.6) is 0 Å². The molecule has 0 fully saturated rings. The summed E-state index contributed by atoms with van der Waals surface area (Å²) in [6.45, 7) is 8.06. The number of thioether (sulfide) groups is 1. The highest BCUT2D eigenvalue weighted by Crippen LogP contribution is 2.37. The first kappa shape index (κ1) is 14.9. The van der Waals surface area contributed by atoms with Gasteiger partial charge in [0.25, 0.3) is 0 Å². The van der Waals surface area contributed by atoms with Crippen molar-refractivity contribution in [1.82, 2.24) is 4.90 Å². The maximum Gasteiger partial charge on any atom is 0.170 e. The second kappa shape index (κ2) is 5.66. The third-order valence-corrected chi connectivity index (χ3v) is 4.34. The lowest BCUT2D eigenvalue weighted by atomic mass is 10.1. The molecule has 1 aromatic carbocycles. The first-order valence-electron chi connectivity index (χ1n) is 7.27. The topological polar surface area (TPSA) is 76.7 Å². The molecule has 114 valence electrons. The summed E-state index contributed by atoms with van der Waals surface area (Å²) in [6, 6.07) is 5.73. The molecule has 0 bridgehead atoms. The smallest absolute Gasteiger partial charge is 0.170 e. The molecule has 1 aromatic rings. The van der Waals surface area contributed by atoms with E-state index in [2.05, 4.69) is 35.7 Å². The number of azide groups is 1. The number of amidine groups is 2. The molecule has 2 aliphatic rings. The van der Waals surface area contributed by atoms with Gasteiger partial charge in [0.2, 0.25) is 0 Å². The average molecular weight is 314 g/mol. The Labute approximate surface area is 134 Å². The summed E-state index contributed by atoms with van der Waals surface area (Å²) in [5, 5.41) is 4.66. The number of fused-ring (bicyclic) bond motifs is 3. The minimum absolute atomic E-state index is 0.148. The third-order valence-electron chi connectivity index (χ3n) is 3.29. The number of hydrogen-bond acceptors (Lipinski definition) is 4. The zero-order valence-electron chi connectivity index (χ0n) is 12.9. The second-order valence-corrected chi connectivity index (χ2v) is 7.26. The Morgan fingerprint density at radius 3 is 2.91 bits per heavy atom. The third kappa shape index (κ3) is 2.96. The van der Waals surface area contributed by atoms with Gasteiger partial charge < -0.3 is 4.90 Å². The van der Waals surface area contributed by atoms with Gasteiger partial charge in [-0.1, -0.05) is 22.9 Å². The van der Waals surface area contributed by atoms with Gasteiger partial charge in [0.05, 0.1) is 5.54 Å². The van der Waals surface area contributed by atoms with Crippen LogP contribution in [0.25, 0.3) is 10.4 Å². The van der Waals surface area contributed by atoms with Crippen molar-refractivity contribution in [3.8, 4) is 0 Å². The second-order valence-electron chi connectivity index (χ2n) is 6.25. The van der Waals surface area contributed by atoms with Gasteiger partial charge in [-0.25, -0.2) is 0 Å². The summed E-state index contributed by atoms with van der Waals surface area (Å²) in [7, 11) is 0. The van der Waals surface area contributed by atoms with E-state index in [0.717, 1.165) is 41.0 Å². The molecule has 0 saturated heterocycles. The van der Waals surface area contributed by atoms with Crippen LogP contribution >= 0.6 is 11.8 Å². The summed E-state index contributed by atoms with van der Waals surface area (Å²) >= 11 is 1.62. The molecule has 0 atom stereocenters. The minimum atomic E-state index is -0.148. The van der Waals surface area contributed by atoms with Gasteiger partial charge in [-0.05, 0) is 44.9 Å². The Bertz CT molecular complexity index is 709. The van der Waals surface area contributed by atoms with Crippen molar-refractivity contribution in [3.05, 3.63) is 34.2 Å². The summed E-state index contributed by atoms with van der Waals surface area (Å²) in [4.78, 5) is 15.7. The van der Waals surface area contributed by atoms with Crippen molar-refractivity contribution < 1.29 is 0 Å². The van der Waals surface area contributed by atoms with Crippen LogP contribution in [0.2, 0.25) is 0 Å². The molecule has 3 rings (SSSR count). The van der Waals surface area contributed by atoms with Crippen molar-refractivity contribution in [2.24, 2.45) is 15.1 Å². The molecule has 0 unspecified atom stereocenters. The molecule has 0 radical (unpaired) electrons. The molecule has 0 amide bonds. The summed E-state index contributed by atoms with van der Waals surface area (Å²) in [6.07, 6.45) is 1.04. The number of hydrogen-bond donors (Lipinski definition) is 0. The van der Waals surface area contributed by atoms with Crippen molar-refractivity contribution >= 4 is 28.5 Å². The highest BCUT2D eigenvalue weighted by atomic mass is 32.2. The predicted molar refractivity (Wildman–Crippen MR) is 91.0 cm³/mol. The van der Waals surface area contributed by atoms with Gasteiger partial charge in [0, 0.05) is 34.1 Å². The number of aliphatic imine (C=N–C) groups is 2. The van der Waals surface area contributed by atoms with Gasteiger partial charge in [-0.15, -0.1) is 0 Å². The first-order chi connectivity index (χ1) is 10.5. The van der Waals surface area contributed by atoms with Crippen LogP contribution in [0.4, 0.5) is 5.69 Å². The van der Waals surface area contributed by atoms with E-state index in [4.69, 9.17) is 15.5 Å². The van der Waals surface area contributed by atoms with Crippen LogP contribution in [0.3, 0.4) is 0 Å². The maximum atomic E-state index is 8.61. The molecule has 2 heterocycles. The lowest BCUT2D eigenvalue weighted by Crippen LogP contribution is -2.43. The minimum Gasteiger partial charge on any atom is -0.305 e. The Kier molecular flexibility index (Phi) is 3.85. The van der Waals surface area contributed by atoms with E-state index in [1.807, 2.05) is 18.2 Å². The van der Waals surface area contributed by atoms with Crippen molar-refractivity contribution in [3.63, 3.8) is 0 Å². The molecule has 2 aliphatic heterocycles. The van der Waals surface area contributed by atoms with E-state index in [-0.39, 0.29) is 5.54 Å². The van der Waals surface area contributed by atoms with E-state index in [1.54, 1.807) is 11.8 Å². The van der Waals surface area contributed by atoms with Crippen LogP contribution in [-0.4, -0.2) is 34.5 Å². The van der Waals surface area contributed by atoms with Crippen LogP contribution in [0.1, 0.15) is 32.8 Å².